The number of benzene rings is 2. The van der Waals surface area contributed by atoms with E-state index in [2.05, 4.69) is 4.72 Å². The number of hydrogen-bond acceptors (Lipinski definition) is 4. The molecule has 0 radical (unpaired) electrons. The van der Waals surface area contributed by atoms with Crippen LogP contribution in [0.25, 0.3) is 0 Å². The Morgan fingerprint density at radius 2 is 1.96 bits per heavy atom. The molecule has 0 aliphatic rings. The van der Waals surface area contributed by atoms with E-state index in [1.807, 2.05) is 37.3 Å². The molecule has 0 spiro atoms. The van der Waals surface area contributed by atoms with Crippen LogP contribution in [-0.4, -0.2) is 22.1 Å². The normalized spacial score (nSPS) is 12.4. The molecule has 0 unspecified atom stereocenters. The van der Waals surface area contributed by atoms with Gasteiger partial charge < -0.3 is 4.74 Å². The summed E-state index contributed by atoms with van der Waals surface area (Å²) in [5.74, 6) is 0.563. The average molecular weight is 344 g/mol. The molecule has 0 aliphatic heterocycles. The predicted molar refractivity (Wildman–Crippen MR) is 93.2 cm³/mol. The quantitative estimate of drug-likeness (QED) is 0.837. The number of para-hydroxylation sites is 1. The summed E-state index contributed by atoms with van der Waals surface area (Å²) in [6.45, 7) is 2.22. The van der Waals surface area contributed by atoms with Crippen LogP contribution in [0.5, 0.6) is 5.75 Å². The number of sulfonamides is 1. The molecule has 6 heteroatoms. The molecule has 24 heavy (non-hydrogen) atoms. The van der Waals surface area contributed by atoms with Crippen molar-refractivity contribution in [1.29, 1.82) is 5.26 Å². The number of ether oxygens (including phenoxy) is 1. The predicted octanol–water partition coefficient (Wildman–Crippen LogP) is 2.79. The summed E-state index contributed by atoms with van der Waals surface area (Å²) in [7, 11) is -1.89. The first-order chi connectivity index (χ1) is 11.4. The Morgan fingerprint density at radius 1 is 1.21 bits per heavy atom. The maximum atomic E-state index is 12.3. The van der Waals surface area contributed by atoms with Gasteiger partial charge in [-0.05, 0) is 35.2 Å². The Labute approximate surface area is 142 Å². The van der Waals surface area contributed by atoms with E-state index in [4.69, 9.17) is 10.00 Å². The van der Waals surface area contributed by atoms with Crippen molar-refractivity contribution in [2.24, 2.45) is 0 Å². The monoisotopic (exact) mass is 344 g/mol. The zero-order valence-electron chi connectivity index (χ0n) is 13.7. The lowest BCUT2D eigenvalue weighted by Crippen LogP contribution is -2.29. The van der Waals surface area contributed by atoms with E-state index in [1.165, 1.54) is 0 Å². The molecule has 0 saturated heterocycles. The summed E-state index contributed by atoms with van der Waals surface area (Å²) < 4.78 is 32.5. The second kappa shape index (κ2) is 7.95. The van der Waals surface area contributed by atoms with Gasteiger partial charge in [0, 0.05) is 6.54 Å². The van der Waals surface area contributed by atoms with Crippen LogP contribution in [0.4, 0.5) is 0 Å². The number of methoxy groups -OCH3 is 1. The van der Waals surface area contributed by atoms with Crippen LogP contribution < -0.4 is 9.46 Å². The molecule has 126 valence electrons. The number of nitrogens with one attached hydrogen (secondary N) is 1. The molecular weight excluding hydrogens is 324 g/mol. The van der Waals surface area contributed by atoms with Crippen molar-refractivity contribution in [3.8, 4) is 11.8 Å². The highest BCUT2D eigenvalue weighted by Gasteiger charge is 2.16. The molecule has 1 N–H and O–H groups in total. The number of rotatable bonds is 7. The highest BCUT2D eigenvalue weighted by atomic mass is 32.2. The summed E-state index contributed by atoms with van der Waals surface area (Å²) in [5, 5.41) is 8.89. The van der Waals surface area contributed by atoms with Gasteiger partial charge in [0.05, 0.1) is 24.5 Å². The minimum Gasteiger partial charge on any atom is -0.496 e. The molecule has 0 aromatic heterocycles. The van der Waals surface area contributed by atoms with Gasteiger partial charge in [0.15, 0.2) is 0 Å². The van der Waals surface area contributed by atoms with Gasteiger partial charge in [0.1, 0.15) is 5.75 Å². The summed E-state index contributed by atoms with van der Waals surface area (Å²) in [5.41, 5.74) is 1.99. The van der Waals surface area contributed by atoms with E-state index in [0.29, 0.717) is 11.1 Å². The number of nitrogens with zero attached hydrogens (tertiary/aromatic N) is 1. The topological polar surface area (TPSA) is 79.2 Å². The molecule has 0 bridgehead atoms. The lowest BCUT2D eigenvalue weighted by Gasteiger charge is -2.16. The second-order valence-corrected chi connectivity index (χ2v) is 7.37. The van der Waals surface area contributed by atoms with Gasteiger partial charge in [-0.3, -0.25) is 0 Å². The van der Waals surface area contributed by atoms with Crippen LogP contribution in [0.15, 0.2) is 48.5 Å². The van der Waals surface area contributed by atoms with E-state index >= 15 is 0 Å². The Balaban J connectivity index is 2.03. The summed E-state index contributed by atoms with van der Waals surface area (Å²) in [6.07, 6.45) is 0. The van der Waals surface area contributed by atoms with Crippen molar-refractivity contribution in [2.75, 3.05) is 13.7 Å². The first kappa shape index (κ1) is 18.0. The average Bonchev–Trinajstić information content (AvgIpc) is 2.59. The SMILES string of the molecule is COc1ccccc1[C@H](C)CNS(=O)(=O)Cc1cccc(C#N)c1. The van der Waals surface area contributed by atoms with E-state index in [-0.39, 0.29) is 18.2 Å². The largest absolute Gasteiger partial charge is 0.496 e. The molecule has 0 amide bonds. The van der Waals surface area contributed by atoms with Crippen LogP contribution in [0.1, 0.15) is 29.5 Å². The minimum atomic E-state index is -3.48. The van der Waals surface area contributed by atoms with E-state index < -0.39 is 10.0 Å². The highest BCUT2D eigenvalue weighted by molar-refractivity contribution is 7.88. The fraction of sp³-hybridized carbons (Fsp3) is 0.278. The maximum Gasteiger partial charge on any atom is 0.215 e. The van der Waals surface area contributed by atoms with Crippen LogP contribution in [0.2, 0.25) is 0 Å². The van der Waals surface area contributed by atoms with Crippen LogP contribution in [-0.2, 0) is 15.8 Å². The third-order valence-electron chi connectivity index (χ3n) is 3.69. The third-order valence-corrected chi connectivity index (χ3v) is 5.01. The molecule has 5 nitrogen and oxygen atoms in total. The van der Waals surface area contributed by atoms with Crippen LogP contribution in [0, 0.1) is 11.3 Å². The lowest BCUT2D eigenvalue weighted by molar-refractivity contribution is 0.406. The molecular formula is C18H20N2O3S. The van der Waals surface area contributed by atoms with Gasteiger partial charge in [-0.15, -0.1) is 0 Å². The highest BCUT2D eigenvalue weighted by Crippen LogP contribution is 2.25. The van der Waals surface area contributed by atoms with Crippen molar-refractivity contribution in [3.05, 3.63) is 65.2 Å². The molecule has 2 aromatic carbocycles. The third kappa shape index (κ3) is 4.82. The van der Waals surface area contributed by atoms with E-state index in [1.54, 1.807) is 31.4 Å². The van der Waals surface area contributed by atoms with E-state index in [9.17, 15) is 8.42 Å². The zero-order chi connectivity index (χ0) is 17.6. The molecule has 0 aliphatic carbocycles. The van der Waals surface area contributed by atoms with Gasteiger partial charge in [-0.1, -0.05) is 37.3 Å². The van der Waals surface area contributed by atoms with Crippen LogP contribution in [0.3, 0.4) is 0 Å². The number of hydrogen-bond donors (Lipinski definition) is 1. The zero-order valence-corrected chi connectivity index (χ0v) is 14.5. The smallest absolute Gasteiger partial charge is 0.215 e. The maximum absolute atomic E-state index is 12.3. The Bertz CT molecular complexity index is 841. The first-order valence-electron chi connectivity index (χ1n) is 7.54. The lowest BCUT2D eigenvalue weighted by atomic mass is 10.0. The molecule has 0 saturated carbocycles. The van der Waals surface area contributed by atoms with Crippen molar-refractivity contribution in [1.82, 2.24) is 4.72 Å². The van der Waals surface area contributed by atoms with Crippen molar-refractivity contribution in [2.45, 2.75) is 18.6 Å². The van der Waals surface area contributed by atoms with Gasteiger partial charge in [-0.25, -0.2) is 13.1 Å². The van der Waals surface area contributed by atoms with Crippen LogP contribution >= 0.6 is 0 Å². The minimum absolute atomic E-state index is 0.0265. The summed E-state index contributed by atoms with van der Waals surface area (Å²) >= 11 is 0. The van der Waals surface area contributed by atoms with Gasteiger partial charge in [0.2, 0.25) is 10.0 Å². The number of nitriles is 1. The first-order valence-corrected chi connectivity index (χ1v) is 9.19. The fourth-order valence-electron chi connectivity index (χ4n) is 2.44. The Hall–Kier alpha value is -2.36. The summed E-state index contributed by atoms with van der Waals surface area (Å²) in [4.78, 5) is 0. The molecule has 0 fully saturated rings. The van der Waals surface area contributed by atoms with Crippen molar-refractivity contribution in [3.63, 3.8) is 0 Å². The van der Waals surface area contributed by atoms with Crippen molar-refractivity contribution >= 4 is 10.0 Å². The fourth-order valence-corrected chi connectivity index (χ4v) is 3.66. The summed E-state index contributed by atoms with van der Waals surface area (Å²) in [6, 6.07) is 16.2. The van der Waals surface area contributed by atoms with Crippen molar-refractivity contribution < 1.29 is 13.2 Å². The molecule has 1 atom stereocenters. The molecule has 2 aromatic rings. The van der Waals surface area contributed by atoms with Gasteiger partial charge in [-0.2, -0.15) is 5.26 Å². The van der Waals surface area contributed by atoms with E-state index in [0.717, 1.165) is 11.3 Å². The molecule has 0 heterocycles. The molecule has 2 rings (SSSR count). The van der Waals surface area contributed by atoms with Gasteiger partial charge >= 0.3 is 0 Å². The second-order valence-electron chi connectivity index (χ2n) is 5.56. The Morgan fingerprint density at radius 3 is 2.67 bits per heavy atom. The van der Waals surface area contributed by atoms with Gasteiger partial charge in [0.25, 0.3) is 0 Å². The Kier molecular flexibility index (Phi) is 5.96. The standard InChI is InChI=1S/C18H20N2O3S/c1-14(17-8-3-4-9-18(17)23-2)12-20-24(21,22)13-16-7-5-6-15(10-16)11-19/h3-10,14,20H,12-13H2,1-2H3/t14-/m1/s1.